The number of pyridine rings is 1. The molecule has 1 saturated carbocycles. The number of alkyl halides is 3. The molecular weight excluding hydrogens is 345 g/mol. The van der Waals surface area contributed by atoms with Crippen LogP contribution in [-0.4, -0.2) is 4.98 Å². The van der Waals surface area contributed by atoms with Crippen LogP contribution in [0.4, 0.5) is 13.2 Å². The molecule has 2 heterocycles. The minimum Gasteiger partial charge on any atom is -0.489 e. The van der Waals surface area contributed by atoms with E-state index in [1.54, 1.807) is 18.2 Å². The van der Waals surface area contributed by atoms with Crippen LogP contribution in [0, 0.1) is 6.92 Å². The lowest BCUT2D eigenvalue weighted by molar-refractivity contribution is -0.142. The standard InChI is InChI=1S/C19H17F3N2O2/c1-11-16(18(23)6-7-18)14-9-13(4-5-15(14)26-11)25-10-12-3-2-8-24-17(12)19(20,21)22/h2-5,8-9H,6-7,10,23H2,1H3. The molecule has 1 fully saturated rings. The topological polar surface area (TPSA) is 61.3 Å². The number of aryl methyl sites for hydroxylation is 1. The fraction of sp³-hybridized carbons (Fsp3) is 0.316. The Morgan fingerprint density at radius 1 is 1.27 bits per heavy atom. The Morgan fingerprint density at radius 2 is 2.04 bits per heavy atom. The molecule has 3 aromatic rings. The van der Waals surface area contributed by atoms with Gasteiger partial charge in [-0.3, -0.25) is 4.98 Å². The Hall–Kier alpha value is -2.54. The number of ether oxygens (including phenoxy) is 1. The molecule has 0 amide bonds. The number of nitrogens with zero attached hydrogens (tertiary/aromatic N) is 1. The van der Waals surface area contributed by atoms with E-state index < -0.39 is 11.9 Å². The van der Waals surface area contributed by atoms with Crippen LogP contribution in [0.25, 0.3) is 11.0 Å². The molecule has 1 aliphatic rings. The van der Waals surface area contributed by atoms with Gasteiger partial charge in [0.15, 0.2) is 5.69 Å². The highest BCUT2D eigenvalue weighted by molar-refractivity contribution is 5.85. The fourth-order valence-corrected chi connectivity index (χ4v) is 3.26. The van der Waals surface area contributed by atoms with E-state index in [4.69, 9.17) is 14.9 Å². The van der Waals surface area contributed by atoms with Crippen LogP contribution in [0.2, 0.25) is 0 Å². The second-order valence-corrected chi connectivity index (χ2v) is 6.64. The number of fused-ring (bicyclic) bond motifs is 1. The largest absolute Gasteiger partial charge is 0.489 e. The van der Waals surface area contributed by atoms with Gasteiger partial charge in [0.1, 0.15) is 23.7 Å². The van der Waals surface area contributed by atoms with E-state index in [2.05, 4.69) is 4.98 Å². The zero-order valence-corrected chi connectivity index (χ0v) is 14.1. The summed E-state index contributed by atoms with van der Waals surface area (Å²) in [6, 6.07) is 8.02. The molecule has 136 valence electrons. The van der Waals surface area contributed by atoms with Crippen molar-refractivity contribution in [2.75, 3.05) is 0 Å². The van der Waals surface area contributed by atoms with Gasteiger partial charge in [0, 0.05) is 28.2 Å². The molecule has 4 nitrogen and oxygen atoms in total. The van der Waals surface area contributed by atoms with Crippen LogP contribution in [0.3, 0.4) is 0 Å². The predicted octanol–water partition coefficient (Wildman–Crippen LogP) is 4.68. The fourth-order valence-electron chi connectivity index (χ4n) is 3.26. The molecular formula is C19H17F3N2O2. The molecule has 2 aromatic heterocycles. The van der Waals surface area contributed by atoms with Gasteiger partial charge in [-0.2, -0.15) is 13.2 Å². The summed E-state index contributed by atoms with van der Waals surface area (Å²) in [7, 11) is 0. The number of halogens is 3. The van der Waals surface area contributed by atoms with Crippen molar-refractivity contribution in [3.63, 3.8) is 0 Å². The number of aromatic nitrogens is 1. The normalized spacial score (nSPS) is 16.0. The summed E-state index contributed by atoms with van der Waals surface area (Å²) in [5.74, 6) is 1.23. The van der Waals surface area contributed by atoms with E-state index in [-0.39, 0.29) is 17.7 Å². The van der Waals surface area contributed by atoms with Crippen molar-refractivity contribution in [2.24, 2.45) is 5.73 Å². The van der Waals surface area contributed by atoms with Crippen LogP contribution < -0.4 is 10.5 Å². The first kappa shape index (κ1) is 16.9. The summed E-state index contributed by atoms with van der Waals surface area (Å²) in [5.41, 5.74) is 6.66. The van der Waals surface area contributed by atoms with Gasteiger partial charge in [-0.25, -0.2) is 0 Å². The van der Waals surface area contributed by atoms with Crippen LogP contribution in [0.5, 0.6) is 5.75 Å². The highest BCUT2D eigenvalue weighted by Gasteiger charge is 2.44. The summed E-state index contributed by atoms with van der Waals surface area (Å²) in [6.45, 7) is 1.64. The van der Waals surface area contributed by atoms with E-state index in [1.165, 1.54) is 12.1 Å². The Bertz CT molecular complexity index is 975. The van der Waals surface area contributed by atoms with Crippen molar-refractivity contribution in [3.05, 3.63) is 59.1 Å². The smallest absolute Gasteiger partial charge is 0.433 e. The average Bonchev–Trinajstić information content (AvgIpc) is 3.22. The lowest BCUT2D eigenvalue weighted by Gasteiger charge is -2.13. The lowest BCUT2D eigenvalue weighted by atomic mass is 10.0. The summed E-state index contributed by atoms with van der Waals surface area (Å²) >= 11 is 0. The first-order valence-corrected chi connectivity index (χ1v) is 8.24. The van der Waals surface area contributed by atoms with E-state index in [1.807, 2.05) is 6.92 Å². The Labute approximate surface area is 147 Å². The van der Waals surface area contributed by atoms with Gasteiger partial charge >= 0.3 is 6.18 Å². The molecule has 0 atom stereocenters. The zero-order chi connectivity index (χ0) is 18.5. The lowest BCUT2D eigenvalue weighted by Crippen LogP contribution is -2.19. The third-order valence-electron chi connectivity index (χ3n) is 4.68. The monoisotopic (exact) mass is 362 g/mol. The molecule has 0 unspecified atom stereocenters. The Kier molecular flexibility index (Phi) is 3.73. The summed E-state index contributed by atoms with van der Waals surface area (Å²) in [6.07, 6.45) is -1.62. The van der Waals surface area contributed by atoms with Crippen molar-refractivity contribution in [1.82, 2.24) is 4.98 Å². The molecule has 0 bridgehead atoms. The number of furan rings is 1. The van der Waals surface area contributed by atoms with Gasteiger partial charge in [0.05, 0.1) is 0 Å². The third-order valence-corrected chi connectivity index (χ3v) is 4.68. The highest BCUT2D eigenvalue weighted by Crippen LogP contribution is 2.48. The maximum Gasteiger partial charge on any atom is 0.433 e. The second kappa shape index (κ2) is 5.74. The van der Waals surface area contributed by atoms with Crippen molar-refractivity contribution in [1.29, 1.82) is 0 Å². The van der Waals surface area contributed by atoms with Gasteiger partial charge in [-0.15, -0.1) is 0 Å². The number of benzene rings is 1. The minimum absolute atomic E-state index is 0.0128. The Morgan fingerprint density at radius 3 is 2.73 bits per heavy atom. The maximum absolute atomic E-state index is 13.0. The van der Waals surface area contributed by atoms with Gasteiger partial charge in [-0.05, 0) is 44.0 Å². The van der Waals surface area contributed by atoms with Crippen molar-refractivity contribution in [2.45, 2.75) is 38.1 Å². The number of hydrogen-bond donors (Lipinski definition) is 1. The van der Waals surface area contributed by atoms with Crippen molar-refractivity contribution in [3.8, 4) is 5.75 Å². The first-order valence-electron chi connectivity index (χ1n) is 8.24. The zero-order valence-electron chi connectivity index (χ0n) is 14.1. The molecule has 1 aromatic carbocycles. The Balaban J connectivity index is 1.63. The van der Waals surface area contributed by atoms with Crippen LogP contribution in [-0.2, 0) is 18.3 Å². The number of hydrogen-bond acceptors (Lipinski definition) is 4. The average molecular weight is 362 g/mol. The molecule has 0 spiro atoms. The summed E-state index contributed by atoms with van der Waals surface area (Å²) < 4.78 is 50.5. The summed E-state index contributed by atoms with van der Waals surface area (Å²) in [5, 5.41) is 0.849. The first-order chi connectivity index (χ1) is 12.3. The minimum atomic E-state index is -4.52. The quantitative estimate of drug-likeness (QED) is 0.732. The van der Waals surface area contributed by atoms with Crippen LogP contribution >= 0.6 is 0 Å². The molecule has 7 heteroatoms. The molecule has 0 radical (unpaired) electrons. The second-order valence-electron chi connectivity index (χ2n) is 6.64. The molecule has 4 rings (SSSR count). The number of nitrogens with two attached hydrogens (primary N) is 1. The van der Waals surface area contributed by atoms with Crippen LogP contribution in [0.15, 0.2) is 40.9 Å². The van der Waals surface area contributed by atoms with Gasteiger partial charge in [-0.1, -0.05) is 6.07 Å². The SMILES string of the molecule is Cc1oc2ccc(OCc3cccnc3C(F)(F)F)cc2c1C1(N)CC1. The molecule has 0 saturated heterocycles. The molecule has 0 aliphatic heterocycles. The highest BCUT2D eigenvalue weighted by atomic mass is 19.4. The van der Waals surface area contributed by atoms with E-state index in [9.17, 15) is 13.2 Å². The van der Waals surface area contributed by atoms with Crippen molar-refractivity contribution < 1.29 is 22.3 Å². The molecule has 2 N–H and O–H groups in total. The third kappa shape index (κ3) is 2.92. The van der Waals surface area contributed by atoms with Gasteiger partial charge in [0.25, 0.3) is 0 Å². The predicted molar refractivity (Wildman–Crippen MR) is 89.6 cm³/mol. The van der Waals surface area contributed by atoms with Crippen LogP contribution in [0.1, 0.15) is 35.4 Å². The van der Waals surface area contributed by atoms with Crippen molar-refractivity contribution >= 4 is 11.0 Å². The molecule has 1 aliphatic carbocycles. The van der Waals surface area contributed by atoms with E-state index >= 15 is 0 Å². The number of rotatable bonds is 4. The molecule has 26 heavy (non-hydrogen) atoms. The van der Waals surface area contributed by atoms with Gasteiger partial charge in [0.2, 0.25) is 0 Å². The maximum atomic E-state index is 13.0. The van der Waals surface area contributed by atoms with E-state index in [0.29, 0.717) is 11.3 Å². The summed E-state index contributed by atoms with van der Waals surface area (Å²) in [4.78, 5) is 3.43. The van der Waals surface area contributed by atoms with E-state index in [0.717, 1.165) is 35.7 Å². The van der Waals surface area contributed by atoms with Gasteiger partial charge < -0.3 is 14.9 Å².